The molecule has 0 atom stereocenters. The Morgan fingerprint density at radius 3 is 2.28 bits per heavy atom. The Hall–Kier alpha value is -2.31. The molecule has 0 amide bonds. The van der Waals surface area contributed by atoms with Crippen LogP contribution in [-0.2, 0) is 13.0 Å². The average molecular weight is 355 g/mol. The smallest absolute Gasteiger partial charge is 0.422 e. The van der Waals surface area contributed by atoms with Crippen molar-refractivity contribution in [1.29, 1.82) is 0 Å². The first-order valence-electron chi connectivity index (χ1n) is 8.13. The lowest BCUT2D eigenvalue weighted by Gasteiger charge is -2.15. The van der Waals surface area contributed by atoms with Crippen LogP contribution in [0.3, 0.4) is 0 Å². The lowest BCUT2D eigenvalue weighted by molar-refractivity contribution is -0.153. The lowest BCUT2D eigenvalue weighted by Crippen LogP contribution is -2.19. The second-order valence-corrected chi connectivity index (χ2v) is 6.44. The number of ether oxygens (including phenoxy) is 1. The quantitative estimate of drug-likeness (QED) is 0.855. The number of aromatic nitrogens is 1. The van der Waals surface area contributed by atoms with Crippen LogP contribution in [0.25, 0.3) is 11.1 Å². The van der Waals surface area contributed by atoms with Gasteiger partial charge in [-0.1, -0.05) is 0 Å². The van der Waals surface area contributed by atoms with Gasteiger partial charge in [0.2, 0.25) is 5.88 Å². The van der Waals surface area contributed by atoms with Crippen molar-refractivity contribution >= 4 is 0 Å². The second kappa shape index (κ2) is 6.20. The molecule has 2 aromatic rings. The molecule has 1 aromatic carbocycles. The summed E-state index contributed by atoms with van der Waals surface area (Å²) in [4.78, 5) is 0. The predicted octanol–water partition coefficient (Wildman–Crippen LogP) is 4.46. The van der Waals surface area contributed by atoms with Gasteiger partial charge in [-0.05, 0) is 61.9 Å². The predicted molar refractivity (Wildman–Crippen MR) is 87.2 cm³/mol. The highest BCUT2D eigenvalue weighted by Crippen LogP contribution is 2.47. The van der Waals surface area contributed by atoms with Crippen molar-refractivity contribution in [2.24, 2.45) is 0 Å². The molecule has 4 nitrogen and oxygen atoms in total. The van der Waals surface area contributed by atoms with Crippen molar-refractivity contribution in [3.8, 4) is 28.5 Å². The van der Waals surface area contributed by atoms with E-state index >= 15 is 0 Å². The number of hydrogen-bond donors (Lipinski definition) is 2. The molecule has 0 saturated heterocycles. The molecule has 1 aromatic heterocycles. The molecular weight excluding hydrogens is 335 g/mol. The number of aromatic hydroxyl groups is 2. The molecule has 1 aliphatic rings. The lowest BCUT2D eigenvalue weighted by atomic mass is 9.96. The standard InChI is InChI=1S/C18H20F3NO3/c1-10-7-12(25-9-18(19,20)21)8-11(2)14(10)15-16(23)13-5-3-4-6-22(13)17(15)24/h7-8,23-24H,3-6,9H2,1-2H3. The number of alkyl halides is 3. The van der Waals surface area contributed by atoms with Gasteiger partial charge >= 0.3 is 6.18 Å². The molecule has 1 aliphatic heterocycles. The van der Waals surface area contributed by atoms with Gasteiger partial charge in [-0.15, -0.1) is 0 Å². The number of rotatable bonds is 3. The van der Waals surface area contributed by atoms with Crippen LogP contribution in [0.15, 0.2) is 12.1 Å². The van der Waals surface area contributed by atoms with E-state index in [0.717, 1.165) is 12.8 Å². The molecular formula is C18H20F3NO3. The van der Waals surface area contributed by atoms with Crippen LogP contribution in [0.1, 0.15) is 29.7 Å². The summed E-state index contributed by atoms with van der Waals surface area (Å²) in [5.74, 6) is 0.161. The summed E-state index contributed by atoms with van der Waals surface area (Å²) in [6.45, 7) is 2.72. The van der Waals surface area contributed by atoms with Gasteiger partial charge in [-0.25, -0.2) is 0 Å². The van der Waals surface area contributed by atoms with E-state index < -0.39 is 12.8 Å². The first-order valence-corrected chi connectivity index (χ1v) is 8.13. The molecule has 0 unspecified atom stereocenters. The monoisotopic (exact) mass is 355 g/mol. The molecule has 0 saturated carbocycles. The summed E-state index contributed by atoms with van der Waals surface area (Å²) in [6, 6.07) is 2.98. The van der Waals surface area contributed by atoms with Gasteiger partial charge in [0.1, 0.15) is 11.5 Å². The highest BCUT2D eigenvalue weighted by atomic mass is 19.4. The van der Waals surface area contributed by atoms with Crippen LogP contribution in [0.5, 0.6) is 17.4 Å². The van der Waals surface area contributed by atoms with Gasteiger partial charge in [0.15, 0.2) is 6.61 Å². The minimum absolute atomic E-state index is 0.00219. The third-order valence-corrected chi connectivity index (χ3v) is 4.52. The van der Waals surface area contributed by atoms with Gasteiger partial charge < -0.3 is 19.5 Å². The molecule has 0 bridgehead atoms. The molecule has 7 heteroatoms. The summed E-state index contributed by atoms with van der Waals surface area (Å²) in [5, 5.41) is 21.1. The normalized spacial score (nSPS) is 14.4. The topological polar surface area (TPSA) is 54.6 Å². The van der Waals surface area contributed by atoms with E-state index in [2.05, 4.69) is 0 Å². The Labute approximate surface area is 143 Å². The highest BCUT2D eigenvalue weighted by Gasteiger charge is 2.29. The zero-order valence-electron chi connectivity index (χ0n) is 14.1. The number of benzene rings is 1. The van der Waals surface area contributed by atoms with Crippen molar-refractivity contribution in [3.63, 3.8) is 0 Å². The van der Waals surface area contributed by atoms with Crippen molar-refractivity contribution in [2.45, 2.75) is 45.8 Å². The summed E-state index contributed by atoms with van der Waals surface area (Å²) in [7, 11) is 0. The van der Waals surface area contributed by atoms with Crippen molar-refractivity contribution in [3.05, 3.63) is 29.0 Å². The van der Waals surface area contributed by atoms with Gasteiger partial charge in [0, 0.05) is 6.54 Å². The van der Waals surface area contributed by atoms with Crippen LogP contribution in [0.2, 0.25) is 0 Å². The fraction of sp³-hybridized carbons (Fsp3) is 0.444. The minimum atomic E-state index is -4.40. The van der Waals surface area contributed by atoms with E-state index in [-0.39, 0.29) is 17.4 Å². The molecule has 25 heavy (non-hydrogen) atoms. The van der Waals surface area contributed by atoms with Crippen LogP contribution in [-0.4, -0.2) is 27.6 Å². The summed E-state index contributed by atoms with van der Waals surface area (Å²) >= 11 is 0. The van der Waals surface area contributed by atoms with Gasteiger partial charge in [-0.2, -0.15) is 13.2 Å². The number of nitrogens with zero attached hydrogens (tertiary/aromatic N) is 1. The fourth-order valence-corrected chi connectivity index (χ4v) is 3.49. The first kappa shape index (κ1) is 17.5. The molecule has 3 rings (SSSR count). The highest BCUT2D eigenvalue weighted by molar-refractivity contribution is 5.82. The Morgan fingerprint density at radius 1 is 1.08 bits per heavy atom. The van der Waals surface area contributed by atoms with E-state index in [1.165, 1.54) is 12.1 Å². The zero-order valence-corrected chi connectivity index (χ0v) is 14.1. The molecule has 0 aliphatic carbocycles. The largest absolute Gasteiger partial charge is 0.505 e. The Morgan fingerprint density at radius 2 is 1.72 bits per heavy atom. The molecule has 2 heterocycles. The average Bonchev–Trinajstić information content (AvgIpc) is 2.77. The van der Waals surface area contributed by atoms with Crippen LogP contribution in [0.4, 0.5) is 13.2 Å². The second-order valence-electron chi connectivity index (χ2n) is 6.44. The van der Waals surface area contributed by atoms with Crippen LogP contribution < -0.4 is 4.74 Å². The third-order valence-electron chi connectivity index (χ3n) is 4.52. The van der Waals surface area contributed by atoms with Crippen molar-refractivity contribution in [2.75, 3.05) is 6.61 Å². The summed E-state index contributed by atoms with van der Waals surface area (Å²) in [6.07, 6.45) is -1.85. The summed E-state index contributed by atoms with van der Waals surface area (Å²) in [5.41, 5.74) is 2.93. The van der Waals surface area contributed by atoms with Gasteiger partial charge in [0.05, 0.1) is 11.3 Å². The maximum absolute atomic E-state index is 12.3. The number of hydrogen-bond acceptors (Lipinski definition) is 3. The van der Waals surface area contributed by atoms with E-state index in [1.807, 2.05) is 0 Å². The minimum Gasteiger partial charge on any atom is -0.505 e. The number of aryl methyl sites for hydroxylation is 2. The molecule has 0 fully saturated rings. The number of halogens is 3. The fourth-order valence-electron chi connectivity index (χ4n) is 3.49. The van der Waals surface area contributed by atoms with Gasteiger partial charge in [-0.3, -0.25) is 0 Å². The summed E-state index contributed by atoms with van der Waals surface area (Å²) < 4.78 is 43.5. The van der Waals surface area contributed by atoms with E-state index in [9.17, 15) is 23.4 Å². The van der Waals surface area contributed by atoms with E-state index in [0.29, 0.717) is 40.9 Å². The Bertz CT molecular complexity index is 756. The molecule has 136 valence electrons. The maximum Gasteiger partial charge on any atom is 0.422 e. The zero-order chi connectivity index (χ0) is 18.4. The molecule has 0 radical (unpaired) electrons. The first-order chi connectivity index (χ1) is 11.7. The SMILES string of the molecule is Cc1cc(OCC(F)(F)F)cc(C)c1-c1c(O)c2n(c1O)CCCC2. The van der Waals surface area contributed by atoms with Crippen LogP contribution in [0, 0.1) is 13.8 Å². The van der Waals surface area contributed by atoms with Crippen molar-refractivity contribution in [1.82, 2.24) is 4.57 Å². The Balaban J connectivity index is 2.03. The molecule has 0 spiro atoms. The van der Waals surface area contributed by atoms with Crippen LogP contribution >= 0.6 is 0 Å². The third kappa shape index (κ3) is 3.27. The van der Waals surface area contributed by atoms with Gasteiger partial charge in [0.25, 0.3) is 0 Å². The van der Waals surface area contributed by atoms with Crippen molar-refractivity contribution < 1.29 is 28.1 Å². The Kier molecular flexibility index (Phi) is 4.34. The van der Waals surface area contributed by atoms with E-state index in [1.54, 1.807) is 18.4 Å². The van der Waals surface area contributed by atoms with E-state index in [4.69, 9.17) is 4.74 Å². The molecule has 2 N–H and O–H groups in total. The number of fused-ring (bicyclic) bond motifs is 1. The maximum atomic E-state index is 12.3.